The van der Waals surface area contributed by atoms with Gasteiger partial charge in [-0.05, 0) is 243 Å². The van der Waals surface area contributed by atoms with Crippen LogP contribution in [0, 0.1) is 76.2 Å². The molecule has 112 heavy (non-hydrogen) atoms. The molecule has 562 valence electrons. The zero-order chi connectivity index (χ0) is 92.7. The van der Waals surface area contributed by atoms with Crippen molar-refractivity contribution in [1.82, 2.24) is 4.57 Å². The van der Waals surface area contributed by atoms with Crippen molar-refractivity contribution in [3.63, 3.8) is 0 Å². The highest BCUT2D eigenvalue weighted by molar-refractivity contribution is 6.10. The molecule has 0 saturated heterocycles. The number of fused-ring (bicyclic) bond motifs is 8. The summed E-state index contributed by atoms with van der Waals surface area (Å²) < 4.78 is 135. The van der Waals surface area contributed by atoms with Gasteiger partial charge in [-0.2, -0.15) is 9.13 Å². The van der Waals surface area contributed by atoms with Crippen molar-refractivity contribution in [2.24, 2.45) is 35.2 Å². The molecular formula is C106H113N6+5. The molecule has 0 aliphatic carbocycles. The molecule has 17 aromatic rings. The number of rotatable bonds is 8. The Hall–Kier alpha value is -11.7. The van der Waals surface area contributed by atoms with E-state index in [0.29, 0.717) is 41.2 Å². The van der Waals surface area contributed by atoms with Crippen LogP contribution in [0.2, 0.25) is 0 Å². The maximum absolute atomic E-state index is 8.61. The van der Waals surface area contributed by atoms with Gasteiger partial charge in [0.25, 0.3) is 0 Å². The lowest BCUT2D eigenvalue weighted by molar-refractivity contribution is -0.665. The Kier molecular flexibility index (Phi) is 18.0. The normalized spacial score (nSPS) is 14.0. The molecule has 11 aromatic carbocycles. The van der Waals surface area contributed by atoms with Crippen molar-refractivity contribution in [2.75, 3.05) is 0 Å². The van der Waals surface area contributed by atoms with E-state index in [2.05, 4.69) is 150 Å². The highest BCUT2D eigenvalue weighted by Gasteiger charge is 2.26. The molecule has 0 aliphatic heterocycles. The number of para-hydroxylation sites is 1. The first-order valence-corrected chi connectivity index (χ1v) is 38.6. The maximum atomic E-state index is 8.61. The molecule has 17 rings (SSSR count). The average molecular weight is 1490 g/mol. The summed E-state index contributed by atoms with van der Waals surface area (Å²) in [5.41, 5.74) is 25.6. The molecule has 1 unspecified atom stereocenters. The second-order valence-corrected chi connectivity index (χ2v) is 30.5. The van der Waals surface area contributed by atoms with E-state index >= 15 is 0 Å². The average Bonchev–Trinajstić information content (AvgIpc) is 1.60. The SMILES string of the molecule is [2H]c1c(C)[n+](C)c(-c2cc3c(cc2C)c2ccccc2n3C(C)C)c2ccccc12.[2H]c1c([2H])[n+](C)c(-c2cc(C([2H])(C)C([2H])([2H])[2H])cc(C)c2C)c2ccccc12.[2H]c1c([2H])[n+](C)c(-c2cc(C([2H])(C)C)cc(C)c2C)c2ccccc12.[2H]c1c([2H])[n+](C)c(-c2cc(C)cc(C)c2C)c2ccccc12.[2H]c1cc([2H])c(C)c(-c2c3ccccc3c([2H])c(C)[n+]2C)c1. The lowest BCUT2D eigenvalue weighted by Crippen LogP contribution is -2.35. The van der Waals surface area contributed by atoms with Gasteiger partial charge in [-0.3, -0.25) is 0 Å². The van der Waals surface area contributed by atoms with Gasteiger partial charge in [0, 0.05) is 78.8 Å². The van der Waals surface area contributed by atoms with Crippen LogP contribution in [0.5, 0.6) is 0 Å². The van der Waals surface area contributed by atoms with E-state index in [1.807, 2.05) is 182 Å². The molecule has 0 N–H and O–H groups in total. The second kappa shape index (κ2) is 33.1. The van der Waals surface area contributed by atoms with E-state index in [9.17, 15) is 0 Å². The van der Waals surface area contributed by atoms with E-state index < -0.39 is 18.6 Å². The predicted octanol–water partition coefficient (Wildman–Crippen LogP) is 25.0. The molecule has 1 atom stereocenters. The zero-order valence-corrected chi connectivity index (χ0v) is 68.9. The third-order valence-electron chi connectivity index (χ3n) is 22.3. The Bertz CT molecular complexity index is 7170. The number of pyridine rings is 5. The summed E-state index contributed by atoms with van der Waals surface area (Å²) in [6.45, 7) is 29.7. The summed E-state index contributed by atoms with van der Waals surface area (Å²) in [7, 11) is 9.48. The summed E-state index contributed by atoms with van der Waals surface area (Å²) in [5.74, 6) is -2.45. The van der Waals surface area contributed by atoms with E-state index in [0.717, 1.165) is 138 Å². The summed E-state index contributed by atoms with van der Waals surface area (Å²) in [6, 6.07) is 70.9. The van der Waals surface area contributed by atoms with Crippen LogP contribution >= 0.6 is 0 Å². The molecule has 0 amide bonds. The van der Waals surface area contributed by atoms with Gasteiger partial charge in [0.05, 0.1) is 64.3 Å². The summed E-state index contributed by atoms with van der Waals surface area (Å²) in [5, 5.41) is 11.7. The minimum atomic E-state index is -2.47. The highest BCUT2D eigenvalue weighted by atomic mass is 15.0. The van der Waals surface area contributed by atoms with E-state index in [-0.39, 0.29) is 36.6 Å². The fraction of sp³-hybridized carbons (Fsp3) is 0.236. The van der Waals surface area contributed by atoms with Crippen LogP contribution < -0.4 is 22.8 Å². The third-order valence-corrected chi connectivity index (χ3v) is 22.3. The van der Waals surface area contributed by atoms with E-state index in [1.165, 1.54) is 62.2 Å². The summed E-state index contributed by atoms with van der Waals surface area (Å²) in [4.78, 5) is 0. The maximum Gasteiger partial charge on any atom is 0.220 e. The van der Waals surface area contributed by atoms with Gasteiger partial charge < -0.3 is 4.57 Å². The Morgan fingerprint density at radius 3 is 1.14 bits per heavy atom. The van der Waals surface area contributed by atoms with Crippen LogP contribution in [0.1, 0.15) is 152 Å². The minimum absolute atomic E-state index is 0.0839. The summed E-state index contributed by atoms with van der Waals surface area (Å²) >= 11 is 0. The van der Waals surface area contributed by atoms with Crippen molar-refractivity contribution in [1.29, 1.82) is 0 Å². The Morgan fingerprint density at radius 2 is 0.705 bits per heavy atom. The molecule has 0 spiro atoms. The first-order chi connectivity index (χ1) is 59.7. The number of nitrogens with zero attached hydrogens (tertiary/aromatic N) is 6. The highest BCUT2D eigenvalue weighted by Crippen LogP contribution is 2.40. The van der Waals surface area contributed by atoms with E-state index in [4.69, 9.17) is 20.6 Å². The van der Waals surface area contributed by atoms with Gasteiger partial charge in [0.1, 0.15) is 39.4 Å². The Labute approximate surface area is 687 Å². The fourth-order valence-corrected chi connectivity index (χ4v) is 15.7. The molecule has 0 radical (unpaired) electrons. The fourth-order valence-electron chi connectivity index (χ4n) is 15.7. The van der Waals surface area contributed by atoms with Crippen LogP contribution in [0.15, 0.2) is 267 Å². The predicted molar refractivity (Wildman–Crippen MR) is 476 cm³/mol. The minimum Gasteiger partial charge on any atom is -0.338 e. The molecule has 6 heteroatoms. The van der Waals surface area contributed by atoms with Crippen LogP contribution in [0.3, 0.4) is 0 Å². The molecule has 0 saturated carbocycles. The standard InChI is InChI=1S/C27H27N2.2C21H24N.C19H20N.C18H18N/c1-17(2)29-25-13-9-8-12-22(25)24-14-18(3)23(16-26(24)29)27-21-11-7-6-10-20(21)15-19(4)28(27)5;2*1-14(2)18-12-15(3)16(4)20(13-18)21-19-9-7-6-8-17(19)10-11-22(21)5;1-13-11-14(2)15(3)18(12-13)19-17-8-6-5-7-16(17)9-10-20(19)4;1-13-8-4-6-10-16(13)18-17-11-7-5-9-15(17)12-14(2)19(18)3/h6-17H,1-5H3;2*6-14H,1-5H3;5-12H,1-4H3;4-12H,1-3H3/q5*+1/i15D;1D3,10D,11D,14D;10D,11D,14D;9D,10D;6D,8D,12D. The van der Waals surface area contributed by atoms with Gasteiger partial charge in [0.15, 0.2) is 29.9 Å². The van der Waals surface area contributed by atoms with Crippen molar-refractivity contribution in [3.8, 4) is 56.3 Å². The van der Waals surface area contributed by atoms with Crippen molar-refractivity contribution in [2.45, 2.75) is 135 Å². The number of hydrogen-bond donors (Lipinski definition) is 0. The largest absolute Gasteiger partial charge is 0.338 e. The summed E-state index contributed by atoms with van der Waals surface area (Å²) in [6.07, 6.45) is 0.522. The van der Waals surface area contributed by atoms with E-state index in [1.54, 1.807) is 40.4 Å². The van der Waals surface area contributed by atoms with Gasteiger partial charge in [0.2, 0.25) is 28.5 Å². The first kappa shape index (κ1) is 61.0. The Morgan fingerprint density at radius 1 is 0.321 bits per heavy atom. The molecule has 6 heterocycles. The molecule has 0 bridgehead atoms. The number of hydrogen-bond acceptors (Lipinski definition) is 0. The van der Waals surface area contributed by atoms with Crippen LogP contribution in [0.4, 0.5) is 0 Å². The lowest BCUT2D eigenvalue weighted by Gasteiger charge is -2.14. The van der Waals surface area contributed by atoms with Gasteiger partial charge in [-0.15, -0.1) is 0 Å². The molecule has 6 nitrogen and oxygen atoms in total. The van der Waals surface area contributed by atoms with Crippen LogP contribution in [-0.4, -0.2) is 4.57 Å². The van der Waals surface area contributed by atoms with Crippen LogP contribution in [0.25, 0.3) is 132 Å². The molecule has 6 aromatic heterocycles. The van der Waals surface area contributed by atoms with Gasteiger partial charge >= 0.3 is 0 Å². The van der Waals surface area contributed by atoms with Gasteiger partial charge in [-0.25, -0.2) is 13.7 Å². The topological polar surface area (TPSA) is 24.3 Å². The Balaban J connectivity index is 0.000000137. The third kappa shape index (κ3) is 15.6. The molecule has 0 aliphatic rings. The zero-order valence-electron chi connectivity index (χ0n) is 83.9. The number of aryl methyl sites for hydroxylation is 5. The lowest BCUT2D eigenvalue weighted by atomic mass is 9.91. The quantitative estimate of drug-likeness (QED) is 0.135. The van der Waals surface area contributed by atoms with Crippen molar-refractivity contribution in [3.05, 3.63) is 340 Å². The monoisotopic (exact) mass is 1480 g/mol. The smallest absolute Gasteiger partial charge is 0.220 e. The van der Waals surface area contributed by atoms with Crippen molar-refractivity contribution < 1.29 is 43.4 Å². The van der Waals surface area contributed by atoms with Crippen LogP contribution in [-0.2, 0) is 35.2 Å². The molecular weight excluding hydrogens is 1360 g/mol. The number of benzene rings is 11. The first-order valence-electron chi connectivity index (χ1n) is 46.1. The van der Waals surface area contributed by atoms with Gasteiger partial charge in [-0.1, -0.05) is 179 Å². The van der Waals surface area contributed by atoms with Crippen molar-refractivity contribution >= 4 is 75.7 Å². The molecule has 0 fully saturated rings. The number of aromatic nitrogens is 6. The second-order valence-electron chi connectivity index (χ2n) is 30.5.